The first-order valence-electron chi connectivity index (χ1n) is 9.25. The molecule has 4 heterocycles. The number of ether oxygens (including phenoxy) is 1. The highest BCUT2D eigenvalue weighted by molar-refractivity contribution is 5.24. The summed E-state index contributed by atoms with van der Waals surface area (Å²) in [4.78, 5) is 14.5. The summed E-state index contributed by atoms with van der Waals surface area (Å²) < 4.78 is 12.6. The molecule has 4 rings (SSSR count). The van der Waals surface area contributed by atoms with E-state index in [1.165, 1.54) is 0 Å². The van der Waals surface area contributed by atoms with Gasteiger partial charge in [-0.3, -0.25) is 9.69 Å². The summed E-state index contributed by atoms with van der Waals surface area (Å²) >= 11 is 0. The van der Waals surface area contributed by atoms with Gasteiger partial charge in [0.1, 0.15) is 11.5 Å². The Labute approximate surface area is 152 Å². The number of hydrogen-bond donors (Lipinski definition) is 0. The van der Waals surface area contributed by atoms with Crippen molar-refractivity contribution >= 4 is 0 Å². The lowest BCUT2D eigenvalue weighted by Gasteiger charge is -2.39. The normalized spacial score (nSPS) is 18.6. The van der Waals surface area contributed by atoms with E-state index in [-0.39, 0.29) is 11.0 Å². The number of hydrogen-bond acceptors (Lipinski definition) is 6. The van der Waals surface area contributed by atoms with Gasteiger partial charge in [-0.1, -0.05) is 25.9 Å². The molecule has 0 aromatic carbocycles. The molecule has 140 valence electrons. The molecule has 1 saturated heterocycles. The Morgan fingerprint density at radius 3 is 2.85 bits per heavy atom. The lowest BCUT2D eigenvalue weighted by Crippen LogP contribution is -2.49. The Morgan fingerprint density at radius 1 is 1.27 bits per heavy atom. The Kier molecular flexibility index (Phi) is 4.44. The van der Waals surface area contributed by atoms with Crippen molar-refractivity contribution in [3.63, 3.8) is 0 Å². The van der Waals surface area contributed by atoms with Crippen LogP contribution in [0.4, 0.5) is 0 Å². The second-order valence-electron chi connectivity index (χ2n) is 8.38. The predicted octanol–water partition coefficient (Wildman–Crippen LogP) is 1.73. The van der Waals surface area contributed by atoms with Crippen molar-refractivity contribution in [2.24, 2.45) is 5.92 Å². The zero-order valence-electron chi connectivity index (χ0n) is 15.7. The van der Waals surface area contributed by atoms with Crippen molar-refractivity contribution in [2.45, 2.75) is 52.3 Å². The first-order valence-corrected chi connectivity index (χ1v) is 9.25. The minimum absolute atomic E-state index is 0.0285. The van der Waals surface area contributed by atoms with Gasteiger partial charge in [-0.2, -0.15) is 5.10 Å². The molecule has 2 aromatic rings. The van der Waals surface area contributed by atoms with Crippen LogP contribution in [0.25, 0.3) is 0 Å². The first-order chi connectivity index (χ1) is 12.4. The van der Waals surface area contributed by atoms with Gasteiger partial charge in [-0.15, -0.1) is 0 Å². The molecule has 7 heteroatoms. The molecule has 7 nitrogen and oxygen atoms in total. The molecule has 0 unspecified atom stereocenters. The summed E-state index contributed by atoms with van der Waals surface area (Å²) in [5, 5.41) is 8.78. The van der Waals surface area contributed by atoms with Gasteiger partial charge in [0.25, 0.3) is 5.56 Å². The van der Waals surface area contributed by atoms with Crippen LogP contribution in [0.3, 0.4) is 0 Å². The van der Waals surface area contributed by atoms with Crippen molar-refractivity contribution in [2.75, 3.05) is 19.7 Å². The Bertz CT molecular complexity index is 843. The second kappa shape index (κ2) is 6.63. The molecule has 2 aliphatic rings. The van der Waals surface area contributed by atoms with Crippen molar-refractivity contribution in [3.8, 4) is 0 Å². The number of fused-ring (bicyclic) bond motifs is 1. The van der Waals surface area contributed by atoms with Gasteiger partial charge < -0.3 is 9.26 Å². The van der Waals surface area contributed by atoms with Crippen molar-refractivity contribution in [1.82, 2.24) is 19.8 Å². The third-order valence-corrected chi connectivity index (χ3v) is 5.14. The van der Waals surface area contributed by atoms with E-state index >= 15 is 0 Å². The summed E-state index contributed by atoms with van der Waals surface area (Å²) in [6, 6.07) is 3.47. The van der Waals surface area contributed by atoms with E-state index in [1.54, 1.807) is 10.7 Å². The number of aromatic nitrogens is 3. The van der Waals surface area contributed by atoms with E-state index in [9.17, 15) is 4.79 Å². The van der Waals surface area contributed by atoms with Crippen LogP contribution in [0.2, 0.25) is 0 Å². The first kappa shape index (κ1) is 17.4. The lowest BCUT2D eigenvalue weighted by atomic mass is 9.92. The highest BCUT2D eigenvalue weighted by Gasteiger charge is 2.30. The average Bonchev–Trinajstić information content (AvgIpc) is 2.96. The smallest absolute Gasteiger partial charge is 0.266 e. The van der Waals surface area contributed by atoms with Gasteiger partial charge in [-0.25, -0.2) is 4.68 Å². The van der Waals surface area contributed by atoms with E-state index in [0.29, 0.717) is 25.7 Å². The van der Waals surface area contributed by atoms with Gasteiger partial charge in [0.15, 0.2) is 0 Å². The summed E-state index contributed by atoms with van der Waals surface area (Å²) in [6.45, 7) is 11.0. The molecule has 0 aliphatic carbocycles. The molecule has 0 atom stereocenters. The van der Waals surface area contributed by atoms with Crippen LogP contribution < -0.4 is 5.56 Å². The van der Waals surface area contributed by atoms with E-state index < -0.39 is 0 Å². The van der Waals surface area contributed by atoms with Crippen LogP contribution in [-0.2, 0) is 36.3 Å². The van der Waals surface area contributed by atoms with Crippen LogP contribution in [0, 0.1) is 5.92 Å². The molecule has 2 aliphatic heterocycles. The number of likely N-dealkylation sites (tertiary alicyclic amines) is 1. The molecule has 0 bridgehead atoms. The summed E-state index contributed by atoms with van der Waals surface area (Å²) in [5.41, 5.74) is 2.97. The monoisotopic (exact) mass is 358 g/mol. The molecule has 2 aromatic heterocycles. The maximum atomic E-state index is 12.1. The zero-order chi connectivity index (χ0) is 18.3. The molecule has 0 radical (unpaired) electrons. The number of rotatable bonds is 4. The highest BCUT2D eigenvalue weighted by atomic mass is 16.5. The SMILES string of the molecule is CC(C)(C)c1ccc(=O)n(CC2CN(Cc3noc4c3COCC4)C2)n1. The summed E-state index contributed by atoms with van der Waals surface area (Å²) in [5.74, 6) is 1.41. The van der Waals surface area contributed by atoms with Crippen molar-refractivity contribution < 1.29 is 9.26 Å². The van der Waals surface area contributed by atoms with E-state index in [0.717, 1.165) is 48.8 Å². The second-order valence-corrected chi connectivity index (χ2v) is 8.38. The van der Waals surface area contributed by atoms with Gasteiger partial charge in [0, 0.05) is 49.0 Å². The highest BCUT2D eigenvalue weighted by Crippen LogP contribution is 2.25. The topological polar surface area (TPSA) is 73.4 Å². The Hall–Kier alpha value is -1.99. The Morgan fingerprint density at radius 2 is 2.08 bits per heavy atom. The van der Waals surface area contributed by atoms with E-state index in [4.69, 9.17) is 9.26 Å². The van der Waals surface area contributed by atoms with E-state index in [1.807, 2.05) is 6.07 Å². The van der Waals surface area contributed by atoms with Crippen molar-refractivity contribution in [3.05, 3.63) is 45.2 Å². The lowest BCUT2D eigenvalue weighted by molar-refractivity contribution is 0.0722. The van der Waals surface area contributed by atoms with E-state index in [2.05, 4.69) is 35.9 Å². The average molecular weight is 358 g/mol. The minimum Gasteiger partial charge on any atom is -0.376 e. The van der Waals surface area contributed by atoms with Gasteiger partial charge >= 0.3 is 0 Å². The van der Waals surface area contributed by atoms with Gasteiger partial charge in [-0.05, 0) is 6.07 Å². The molecule has 0 saturated carbocycles. The molecule has 0 spiro atoms. The molecule has 26 heavy (non-hydrogen) atoms. The van der Waals surface area contributed by atoms with Crippen LogP contribution in [0.5, 0.6) is 0 Å². The maximum absolute atomic E-state index is 12.1. The largest absolute Gasteiger partial charge is 0.376 e. The molecule has 0 N–H and O–H groups in total. The quantitative estimate of drug-likeness (QED) is 0.829. The van der Waals surface area contributed by atoms with Crippen LogP contribution in [0.15, 0.2) is 21.5 Å². The van der Waals surface area contributed by atoms with Crippen LogP contribution in [0.1, 0.15) is 43.5 Å². The summed E-state index contributed by atoms with van der Waals surface area (Å²) in [6.07, 6.45) is 0.809. The molecule has 1 fully saturated rings. The molecular weight excluding hydrogens is 332 g/mol. The van der Waals surface area contributed by atoms with Crippen LogP contribution in [-0.4, -0.2) is 39.5 Å². The zero-order valence-corrected chi connectivity index (χ0v) is 15.7. The predicted molar refractivity (Wildman–Crippen MR) is 95.8 cm³/mol. The summed E-state index contributed by atoms with van der Waals surface area (Å²) in [7, 11) is 0. The fraction of sp³-hybridized carbons (Fsp3) is 0.632. The van der Waals surface area contributed by atoms with Crippen molar-refractivity contribution in [1.29, 1.82) is 0 Å². The third-order valence-electron chi connectivity index (χ3n) is 5.14. The third kappa shape index (κ3) is 3.46. The fourth-order valence-corrected chi connectivity index (χ4v) is 3.56. The maximum Gasteiger partial charge on any atom is 0.266 e. The molecular formula is C19H26N4O3. The Balaban J connectivity index is 1.36. The fourth-order valence-electron chi connectivity index (χ4n) is 3.56. The number of nitrogens with zero attached hydrogens (tertiary/aromatic N) is 4. The minimum atomic E-state index is -0.0603. The molecule has 0 amide bonds. The van der Waals surface area contributed by atoms with Gasteiger partial charge in [0.2, 0.25) is 0 Å². The standard InChI is InChI=1S/C19H26N4O3/c1-19(2,3)17-4-5-18(24)23(20-17)10-13-8-22(9-13)11-15-14-12-25-7-6-16(14)26-21-15/h4-5,13H,6-12H2,1-3H3. The van der Waals surface area contributed by atoms with Crippen LogP contribution >= 0.6 is 0 Å². The van der Waals surface area contributed by atoms with Gasteiger partial charge in [0.05, 0.1) is 25.5 Å².